The quantitative estimate of drug-likeness (QED) is 0.843. The molecule has 2 rings (SSSR count). The minimum Gasteiger partial charge on any atom is -0.277 e. The first-order chi connectivity index (χ1) is 9.45. The van der Waals surface area contributed by atoms with Gasteiger partial charge in [-0.1, -0.05) is 24.9 Å². The van der Waals surface area contributed by atoms with E-state index in [4.69, 9.17) is 11.6 Å². The van der Waals surface area contributed by atoms with Crippen molar-refractivity contribution in [3.05, 3.63) is 27.7 Å². The number of carbonyl (C=O) groups excluding carboxylic acids is 3. The molecule has 1 unspecified atom stereocenters. The van der Waals surface area contributed by atoms with Crippen molar-refractivity contribution < 1.29 is 14.4 Å². The maximum atomic E-state index is 12.4. The van der Waals surface area contributed by atoms with Crippen LogP contribution in [0.15, 0.2) is 22.7 Å². The SMILES string of the molecule is CCCC1C(=O)NC(=O)N(c2cc(Cl)ccc2Br)C1=O. The van der Waals surface area contributed by atoms with Gasteiger partial charge in [0.1, 0.15) is 5.92 Å². The highest BCUT2D eigenvalue weighted by Crippen LogP contribution is 2.32. The van der Waals surface area contributed by atoms with Crippen LogP contribution in [0, 0.1) is 5.92 Å². The van der Waals surface area contributed by atoms with E-state index in [-0.39, 0.29) is 0 Å². The number of anilines is 1. The number of rotatable bonds is 3. The molecule has 0 aliphatic carbocycles. The van der Waals surface area contributed by atoms with Crippen LogP contribution in [0.25, 0.3) is 0 Å². The van der Waals surface area contributed by atoms with Crippen molar-refractivity contribution in [1.82, 2.24) is 5.32 Å². The topological polar surface area (TPSA) is 66.5 Å². The molecule has 1 N–H and O–H groups in total. The summed E-state index contributed by atoms with van der Waals surface area (Å²) in [6.45, 7) is 1.87. The van der Waals surface area contributed by atoms with E-state index in [1.807, 2.05) is 6.92 Å². The van der Waals surface area contributed by atoms with Crippen LogP contribution in [0.5, 0.6) is 0 Å². The maximum absolute atomic E-state index is 12.4. The van der Waals surface area contributed by atoms with Crippen molar-refractivity contribution in [2.45, 2.75) is 19.8 Å². The second-order valence-electron chi connectivity index (χ2n) is 4.41. The number of barbiturate groups is 1. The standard InChI is InChI=1S/C13H12BrClN2O3/c1-2-3-8-11(18)16-13(20)17(12(8)19)10-6-7(15)4-5-9(10)14/h4-6,8H,2-3H2,1H3,(H,16,18,20). The molecule has 20 heavy (non-hydrogen) atoms. The molecule has 106 valence electrons. The number of amides is 4. The van der Waals surface area contributed by atoms with Crippen LogP contribution in [0.1, 0.15) is 19.8 Å². The van der Waals surface area contributed by atoms with Crippen LogP contribution >= 0.6 is 27.5 Å². The average Bonchev–Trinajstić information content (AvgIpc) is 2.38. The zero-order valence-electron chi connectivity index (χ0n) is 10.7. The largest absolute Gasteiger partial charge is 0.335 e. The van der Waals surface area contributed by atoms with Gasteiger partial charge in [-0.15, -0.1) is 0 Å². The Morgan fingerprint density at radius 3 is 2.70 bits per heavy atom. The normalized spacial score (nSPS) is 19.2. The van der Waals surface area contributed by atoms with Crippen molar-refractivity contribution in [3.8, 4) is 0 Å². The van der Waals surface area contributed by atoms with Gasteiger partial charge in [-0.2, -0.15) is 0 Å². The van der Waals surface area contributed by atoms with E-state index in [1.54, 1.807) is 12.1 Å². The van der Waals surface area contributed by atoms with Gasteiger partial charge in [0.2, 0.25) is 11.8 Å². The summed E-state index contributed by atoms with van der Waals surface area (Å²) >= 11 is 9.18. The summed E-state index contributed by atoms with van der Waals surface area (Å²) in [6.07, 6.45) is 1.06. The zero-order valence-corrected chi connectivity index (χ0v) is 13.0. The van der Waals surface area contributed by atoms with Crippen LogP contribution in [0.2, 0.25) is 5.02 Å². The summed E-state index contributed by atoms with van der Waals surface area (Å²) in [6, 6.07) is 4.02. The minimum atomic E-state index is -0.844. The number of halogens is 2. The Morgan fingerprint density at radius 1 is 1.35 bits per heavy atom. The summed E-state index contributed by atoms with van der Waals surface area (Å²) < 4.78 is 0.551. The van der Waals surface area contributed by atoms with Crippen LogP contribution in [-0.4, -0.2) is 17.8 Å². The monoisotopic (exact) mass is 358 g/mol. The number of hydrogen-bond acceptors (Lipinski definition) is 3. The molecular formula is C13H12BrClN2O3. The van der Waals surface area contributed by atoms with E-state index in [0.717, 1.165) is 4.90 Å². The molecule has 5 nitrogen and oxygen atoms in total. The molecule has 0 radical (unpaired) electrons. The number of urea groups is 1. The third-order valence-electron chi connectivity index (χ3n) is 2.99. The average molecular weight is 360 g/mol. The summed E-state index contributed by atoms with van der Waals surface area (Å²) in [5.74, 6) is -1.91. The first-order valence-corrected chi connectivity index (χ1v) is 7.26. The Bertz CT molecular complexity index is 591. The van der Waals surface area contributed by atoms with Crippen molar-refractivity contribution in [2.24, 2.45) is 5.92 Å². The molecule has 0 spiro atoms. The fourth-order valence-electron chi connectivity index (χ4n) is 2.05. The molecule has 0 aromatic heterocycles. The fraction of sp³-hybridized carbons (Fsp3) is 0.308. The van der Waals surface area contributed by atoms with Gasteiger partial charge < -0.3 is 0 Å². The van der Waals surface area contributed by atoms with E-state index in [9.17, 15) is 14.4 Å². The summed E-state index contributed by atoms with van der Waals surface area (Å²) in [7, 11) is 0. The van der Waals surface area contributed by atoms with Crippen molar-refractivity contribution in [1.29, 1.82) is 0 Å². The smallest absolute Gasteiger partial charge is 0.277 e. The summed E-state index contributed by atoms with van der Waals surface area (Å²) in [4.78, 5) is 37.0. The zero-order chi connectivity index (χ0) is 14.9. The van der Waals surface area contributed by atoms with Gasteiger partial charge in [0.05, 0.1) is 5.69 Å². The Kier molecular flexibility index (Phi) is 4.45. The van der Waals surface area contributed by atoms with Crippen LogP contribution in [-0.2, 0) is 9.59 Å². The van der Waals surface area contributed by atoms with Gasteiger partial charge in [-0.25, -0.2) is 9.69 Å². The Morgan fingerprint density at radius 2 is 2.05 bits per heavy atom. The van der Waals surface area contributed by atoms with Gasteiger partial charge in [0.15, 0.2) is 0 Å². The van der Waals surface area contributed by atoms with Gasteiger partial charge in [-0.3, -0.25) is 14.9 Å². The third kappa shape index (κ3) is 2.71. The van der Waals surface area contributed by atoms with Crippen molar-refractivity contribution in [2.75, 3.05) is 4.90 Å². The van der Waals surface area contributed by atoms with Crippen molar-refractivity contribution in [3.63, 3.8) is 0 Å². The van der Waals surface area contributed by atoms with Gasteiger partial charge in [-0.05, 0) is 40.5 Å². The fourth-order valence-corrected chi connectivity index (χ4v) is 2.64. The predicted molar refractivity (Wildman–Crippen MR) is 78.6 cm³/mol. The van der Waals surface area contributed by atoms with Gasteiger partial charge in [0, 0.05) is 9.50 Å². The Hall–Kier alpha value is -1.40. The molecule has 1 heterocycles. The van der Waals surface area contributed by atoms with E-state index >= 15 is 0 Å². The second-order valence-corrected chi connectivity index (χ2v) is 5.70. The molecular weight excluding hydrogens is 348 g/mol. The van der Waals surface area contributed by atoms with Crippen LogP contribution < -0.4 is 10.2 Å². The summed E-state index contributed by atoms with van der Waals surface area (Å²) in [5, 5.41) is 2.60. The second kappa shape index (κ2) is 5.93. The molecule has 0 bridgehead atoms. The van der Waals surface area contributed by atoms with E-state index in [1.165, 1.54) is 6.07 Å². The molecule has 1 saturated heterocycles. The van der Waals surface area contributed by atoms with Crippen LogP contribution in [0.3, 0.4) is 0 Å². The highest BCUT2D eigenvalue weighted by molar-refractivity contribution is 9.10. The Balaban J connectivity index is 2.43. The molecule has 7 heteroatoms. The predicted octanol–water partition coefficient (Wildman–Crippen LogP) is 3.10. The molecule has 1 aliphatic rings. The molecule has 1 aromatic carbocycles. The molecule has 1 aliphatic heterocycles. The number of carbonyl (C=O) groups is 3. The first-order valence-electron chi connectivity index (χ1n) is 6.09. The number of benzene rings is 1. The molecule has 1 fully saturated rings. The molecule has 1 aromatic rings. The minimum absolute atomic E-state index is 0.327. The van der Waals surface area contributed by atoms with E-state index in [2.05, 4.69) is 21.2 Å². The number of nitrogens with one attached hydrogen (secondary N) is 1. The van der Waals surface area contributed by atoms with Crippen molar-refractivity contribution >= 4 is 51.1 Å². The lowest BCUT2D eigenvalue weighted by molar-refractivity contribution is -0.134. The molecule has 0 saturated carbocycles. The lowest BCUT2D eigenvalue weighted by Gasteiger charge is -2.30. The lowest BCUT2D eigenvalue weighted by Crippen LogP contribution is -2.58. The van der Waals surface area contributed by atoms with Gasteiger partial charge in [0.25, 0.3) is 0 Å². The van der Waals surface area contributed by atoms with E-state index < -0.39 is 23.8 Å². The van der Waals surface area contributed by atoms with Gasteiger partial charge >= 0.3 is 6.03 Å². The molecule has 1 atom stereocenters. The third-order valence-corrected chi connectivity index (χ3v) is 3.90. The number of hydrogen-bond donors (Lipinski definition) is 1. The number of imide groups is 2. The highest BCUT2D eigenvalue weighted by atomic mass is 79.9. The molecule has 4 amide bonds. The van der Waals surface area contributed by atoms with Crippen LogP contribution in [0.4, 0.5) is 10.5 Å². The Labute approximate surface area is 129 Å². The lowest BCUT2D eigenvalue weighted by atomic mass is 9.99. The highest BCUT2D eigenvalue weighted by Gasteiger charge is 2.41. The number of nitrogens with zero attached hydrogens (tertiary/aromatic N) is 1. The first kappa shape index (κ1) is 15.0. The maximum Gasteiger partial charge on any atom is 0.335 e. The summed E-state index contributed by atoms with van der Waals surface area (Å²) in [5.41, 5.74) is 0.327. The van der Waals surface area contributed by atoms with E-state index in [0.29, 0.717) is 28.0 Å².